The first-order chi connectivity index (χ1) is 15.0. The molecular weight excluding hydrogens is 392 g/mol. The molecule has 0 unspecified atom stereocenters. The Morgan fingerprint density at radius 2 is 1.45 bits per heavy atom. The van der Waals surface area contributed by atoms with E-state index in [1.807, 2.05) is 0 Å². The molecule has 0 saturated heterocycles. The van der Waals surface area contributed by atoms with Crippen molar-refractivity contribution in [3.63, 3.8) is 0 Å². The highest BCUT2D eigenvalue weighted by atomic mass is 16.4. The molecule has 0 spiro atoms. The minimum absolute atomic E-state index is 0.0649. The molecule has 1 aromatic rings. The van der Waals surface area contributed by atoms with Crippen molar-refractivity contribution >= 4 is 17.8 Å². The molecule has 6 nitrogen and oxygen atoms in total. The molecular formula is C25H40N2O4. The van der Waals surface area contributed by atoms with Gasteiger partial charge >= 0.3 is 5.97 Å². The summed E-state index contributed by atoms with van der Waals surface area (Å²) in [4.78, 5) is 35.4. The van der Waals surface area contributed by atoms with E-state index in [0.717, 1.165) is 12.8 Å². The third kappa shape index (κ3) is 13.5. The van der Waals surface area contributed by atoms with Crippen molar-refractivity contribution in [3.05, 3.63) is 35.9 Å². The van der Waals surface area contributed by atoms with Crippen LogP contribution in [-0.2, 0) is 9.59 Å². The second-order valence-electron chi connectivity index (χ2n) is 8.15. The lowest BCUT2D eigenvalue weighted by Gasteiger charge is -2.14. The molecule has 0 aliphatic carbocycles. The van der Waals surface area contributed by atoms with Crippen LogP contribution in [0, 0.1) is 0 Å². The van der Waals surface area contributed by atoms with Gasteiger partial charge in [0.25, 0.3) is 5.91 Å². The molecule has 0 saturated carbocycles. The van der Waals surface area contributed by atoms with E-state index in [4.69, 9.17) is 0 Å². The zero-order valence-electron chi connectivity index (χ0n) is 19.0. The van der Waals surface area contributed by atoms with E-state index in [1.54, 1.807) is 30.3 Å². The molecule has 0 fully saturated rings. The average molecular weight is 433 g/mol. The lowest BCUT2D eigenvalue weighted by Crippen LogP contribution is -2.40. The summed E-state index contributed by atoms with van der Waals surface area (Å²) >= 11 is 0. The molecule has 0 heterocycles. The fourth-order valence-electron chi connectivity index (χ4n) is 3.47. The standard InChI is InChI=1S/C25H40N2O4/c1-2-3-4-5-6-7-8-9-13-19-23(28)26-20-15-14-18-22(25(30)31)27-24(29)21-16-11-10-12-17-21/h10-12,16-17,22H,2-9,13-15,18-20H2,1H3,(H,26,28)(H,27,29)(H,30,31)/t22-/m0/s1. The quantitative estimate of drug-likeness (QED) is 0.282. The highest BCUT2D eigenvalue weighted by Gasteiger charge is 2.20. The molecule has 0 aliphatic rings. The first kappa shape index (κ1) is 26.7. The van der Waals surface area contributed by atoms with E-state index in [9.17, 15) is 19.5 Å². The molecule has 174 valence electrons. The lowest BCUT2D eigenvalue weighted by molar-refractivity contribution is -0.139. The predicted molar refractivity (Wildman–Crippen MR) is 124 cm³/mol. The molecule has 31 heavy (non-hydrogen) atoms. The Morgan fingerprint density at radius 1 is 0.839 bits per heavy atom. The number of nitrogens with one attached hydrogen (secondary N) is 2. The zero-order valence-corrected chi connectivity index (χ0v) is 19.0. The van der Waals surface area contributed by atoms with Gasteiger partial charge in [-0.15, -0.1) is 0 Å². The minimum atomic E-state index is -1.04. The number of benzene rings is 1. The summed E-state index contributed by atoms with van der Waals surface area (Å²) in [6.45, 7) is 2.76. The van der Waals surface area contributed by atoms with Gasteiger partial charge in [-0.3, -0.25) is 9.59 Å². The number of carbonyl (C=O) groups excluding carboxylic acids is 2. The predicted octanol–water partition coefficient (Wildman–Crippen LogP) is 5.08. The van der Waals surface area contributed by atoms with Crippen molar-refractivity contribution in [2.45, 2.75) is 96.4 Å². The van der Waals surface area contributed by atoms with Crippen LogP contribution in [0.1, 0.15) is 101 Å². The molecule has 2 amide bonds. The maximum atomic E-state index is 12.1. The summed E-state index contributed by atoms with van der Waals surface area (Å²) in [6.07, 6.45) is 13.3. The van der Waals surface area contributed by atoms with Gasteiger partial charge in [0.1, 0.15) is 6.04 Å². The Hall–Kier alpha value is -2.37. The number of carbonyl (C=O) groups is 3. The van der Waals surface area contributed by atoms with Crippen molar-refractivity contribution in [1.82, 2.24) is 10.6 Å². The second-order valence-corrected chi connectivity index (χ2v) is 8.15. The Morgan fingerprint density at radius 3 is 2.06 bits per heavy atom. The first-order valence-corrected chi connectivity index (χ1v) is 11.9. The first-order valence-electron chi connectivity index (χ1n) is 11.9. The van der Waals surface area contributed by atoms with Crippen LogP contribution >= 0.6 is 0 Å². The average Bonchev–Trinajstić information content (AvgIpc) is 2.77. The van der Waals surface area contributed by atoms with Crippen molar-refractivity contribution in [2.24, 2.45) is 0 Å². The summed E-state index contributed by atoms with van der Waals surface area (Å²) in [6, 6.07) is 7.65. The molecule has 1 atom stereocenters. The Kier molecular flexibility index (Phi) is 14.9. The van der Waals surface area contributed by atoms with Crippen LogP contribution in [0.25, 0.3) is 0 Å². The number of hydrogen-bond acceptors (Lipinski definition) is 3. The summed E-state index contributed by atoms with van der Waals surface area (Å²) in [5.74, 6) is -1.36. The van der Waals surface area contributed by atoms with Crippen LogP contribution in [-0.4, -0.2) is 35.5 Å². The Bertz CT molecular complexity index is 634. The fourth-order valence-corrected chi connectivity index (χ4v) is 3.47. The monoisotopic (exact) mass is 432 g/mol. The van der Waals surface area contributed by atoms with Gasteiger partial charge in [-0.05, 0) is 37.8 Å². The van der Waals surface area contributed by atoms with Gasteiger partial charge in [0.05, 0.1) is 0 Å². The molecule has 6 heteroatoms. The number of amides is 2. The van der Waals surface area contributed by atoms with Crippen LogP contribution in [0.4, 0.5) is 0 Å². The van der Waals surface area contributed by atoms with E-state index in [0.29, 0.717) is 37.8 Å². The van der Waals surface area contributed by atoms with Gasteiger partial charge in [-0.25, -0.2) is 4.79 Å². The number of carboxylic acid groups (broad SMARTS) is 1. The van der Waals surface area contributed by atoms with Crippen LogP contribution in [0.3, 0.4) is 0 Å². The van der Waals surface area contributed by atoms with E-state index in [-0.39, 0.29) is 11.8 Å². The highest BCUT2D eigenvalue weighted by molar-refractivity contribution is 5.96. The molecule has 1 rings (SSSR count). The summed E-state index contributed by atoms with van der Waals surface area (Å²) in [5, 5.41) is 14.8. The molecule has 0 aliphatic heterocycles. The maximum Gasteiger partial charge on any atom is 0.326 e. The van der Waals surface area contributed by atoms with Crippen molar-refractivity contribution in [1.29, 1.82) is 0 Å². The van der Waals surface area contributed by atoms with Crippen molar-refractivity contribution in [2.75, 3.05) is 6.54 Å². The van der Waals surface area contributed by atoms with Crippen LogP contribution in [0.15, 0.2) is 30.3 Å². The van der Waals surface area contributed by atoms with E-state index in [2.05, 4.69) is 17.6 Å². The fraction of sp³-hybridized carbons (Fsp3) is 0.640. The smallest absolute Gasteiger partial charge is 0.326 e. The van der Waals surface area contributed by atoms with E-state index < -0.39 is 12.0 Å². The van der Waals surface area contributed by atoms with Crippen LogP contribution < -0.4 is 10.6 Å². The van der Waals surface area contributed by atoms with Gasteiger partial charge in [0, 0.05) is 18.5 Å². The minimum Gasteiger partial charge on any atom is -0.480 e. The van der Waals surface area contributed by atoms with E-state index in [1.165, 1.54) is 44.9 Å². The number of unbranched alkanes of at least 4 members (excludes halogenated alkanes) is 9. The molecule has 0 radical (unpaired) electrons. The maximum absolute atomic E-state index is 12.1. The summed E-state index contributed by atoms with van der Waals surface area (Å²) < 4.78 is 0. The topological polar surface area (TPSA) is 95.5 Å². The number of carboxylic acids is 1. The van der Waals surface area contributed by atoms with Gasteiger partial charge in [-0.2, -0.15) is 0 Å². The highest BCUT2D eigenvalue weighted by Crippen LogP contribution is 2.10. The largest absolute Gasteiger partial charge is 0.480 e. The Balaban J connectivity index is 2.06. The molecule has 0 aromatic heterocycles. The summed E-state index contributed by atoms with van der Waals surface area (Å²) in [5.41, 5.74) is 0.442. The molecule has 3 N–H and O–H groups in total. The number of aliphatic carboxylic acids is 1. The number of hydrogen-bond donors (Lipinski definition) is 3. The Labute approximate surface area is 187 Å². The third-order valence-electron chi connectivity index (χ3n) is 5.39. The van der Waals surface area contributed by atoms with Gasteiger partial charge in [0.15, 0.2) is 0 Å². The van der Waals surface area contributed by atoms with Crippen LogP contribution in [0.2, 0.25) is 0 Å². The number of rotatable bonds is 18. The van der Waals surface area contributed by atoms with Gasteiger partial charge in [0.2, 0.25) is 5.91 Å². The second kappa shape index (κ2) is 17.3. The SMILES string of the molecule is CCCCCCCCCCCC(=O)NCCCC[C@H](NC(=O)c1ccccc1)C(=O)O. The van der Waals surface area contributed by atoms with Crippen LogP contribution in [0.5, 0.6) is 0 Å². The van der Waals surface area contributed by atoms with Gasteiger partial charge in [-0.1, -0.05) is 76.5 Å². The van der Waals surface area contributed by atoms with Crippen molar-refractivity contribution in [3.8, 4) is 0 Å². The molecule has 1 aromatic carbocycles. The summed E-state index contributed by atoms with van der Waals surface area (Å²) in [7, 11) is 0. The lowest BCUT2D eigenvalue weighted by atomic mass is 10.1. The van der Waals surface area contributed by atoms with Gasteiger partial charge < -0.3 is 15.7 Å². The van der Waals surface area contributed by atoms with Crippen molar-refractivity contribution < 1.29 is 19.5 Å². The molecule has 0 bridgehead atoms. The normalized spacial score (nSPS) is 11.6. The third-order valence-corrected chi connectivity index (χ3v) is 5.39. The van der Waals surface area contributed by atoms with E-state index >= 15 is 0 Å². The zero-order chi connectivity index (χ0) is 22.7.